The number of nitrogens with two attached hydrogens (primary N) is 1. The average Bonchev–Trinajstić information content (AvgIpc) is 3.27. The van der Waals surface area contributed by atoms with Crippen LogP contribution in [0.1, 0.15) is 65.5 Å². The van der Waals surface area contributed by atoms with Gasteiger partial charge in [-0.25, -0.2) is 0 Å². The molecule has 0 aliphatic carbocycles. The Morgan fingerprint density at radius 3 is 1.65 bits per heavy atom. The molecule has 0 bridgehead atoms. The van der Waals surface area contributed by atoms with Crippen LogP contribution in [0.5, 0.6) is 0 Å². The maximum atomic E-state index is 10.8. The number of aldehydes is 1. The summed E-state index contributed by atoms with van der Waals surface area (Å²) in [6.45, 7) is 13.9. The normalized spacial score (nSPS) is 11.4. The summed E-state index contributed by atoms with van der Waals surface area (Å²) >= 11 is 27.2. The summed E-state index contributed by atoms with van der Waals surface area (Å²) in [6, 6.07) is 36.0. The van der Waals surface area contributed by atoms with E-state index in [0.29, 0.717) is 39.0 Å². The van der Waals surface area contributed by atoms with Gasteiger partial charge in [-0.1, -0.05) is 127 Å². The number of hydrogen-bond donors (Lipinski definition) is 2. The quantitative estimate of drug-likeness (QED) is 0.0431. The molecule has 6 aromatic rings. The van der Waals surface area contributed by atoms with Crippen molar-refractivity contribution in [3.8, 4) is 12.1 Å². The molecule has 0 aliphatic heterocycles. The van der Waals surface area contributed by atoms with Gasteiger partial charge in [0.15, 0.2) is 0 Å². The highest BCUT2D eigenvalue weighted by Crippen LogP contribution is 2.34. The van der Waals surface area contributed by atoms with Crippen molar-refractivity contribution < 1.29 is 4.79 Å². The number of thioether (sulfide) groups is 2. The lowest BCUT2D eigenvalue weighted by molar-refractivity contribution is -0.109. The highest BCUT2D eigenvalue weighted by atomic mass is 35.5. The van der Waals surface area contributed by atoms with Gasteiger partial charge in [-0.15, -0.1) is 36.7 Å². The summed E-state index contributed by atoms with van der Waals surface area (Å²) in [5.74, 6) is 1.84. The number of hydrogen-bond acceptors (Lipinski definition) is 7. The summed E-state index contributed by atoms with van der Waals surface area (Å²) in [6.07, 6.45) is 6.01. The SMILES string of the molecule is C.C=CC[C@H](C=O)c1ccc(Cl)c(Cl)c1.C=CC[C@H](CNCCSc1c(C#N)cc2ccccc2c1C)c1ccc(Cl)c(Cl)c1.Cc1c(SCCN)c(C#N)cc2ccccc12. The molecule has 0 saturated carbocycles. The van der Waals surface area contributed by atoms with Gasteiger partial charge in [0.25, 0.3) is 0 Å². The van der Waals surface area contributed by atoms with Crippen molar-refractivity contribution in [3.63, 3.8) is 0 Å². The second-order valence-electron chi connectivity index (χ2n) is 13.9. The van der Waals surface area contributed by atoms with E-state index in [-0.39, 0.29) is 13.3 Å². The molecule has 0 amide bonds. The second-order valence-corrected chi connectivity index (χ2v) is 17.8. The van der Waals surface area contributed by atoms with E-state index in [0.717, 1.165) is 80.1 Å². The second kappa shape index (κ2) is 27.1. The third-order valence-corrected chi connectivity index (χ3v) is 13.8. The van der Waals surface area contributed by atoms with E-state index < -0.39 is 0 Å². The van der Waals surface area contributed by atoms with E-state index in [9.17, 15) is 15.3 Å². The van der Waals surface area contributed by atoms with Crippen LogP contribution in [0.4, 0.5) is 0 Å². The number of rotatable bonds is 16. The predicted octanol–water partition coefficient (Wildman–Crippen LogP) is 14.9. The summed E-state index contributed by atoms with van der Waals surface area (Å²) in [5.41, 5.74) is 11.4. The number of benzene rings is 6. The zero-order chi connectivity index (χ0) is 44.3. The number of nitrogens with zero attached hydrogens (tertiary/aromatic N) is 2. The number of carbonyl (C=O) groups is 1. The van der Waals surface area contributed by atoms with Gasteiger partial charge in [-0.2, -0.15) is 10.5 Å². The Labute approximate surface area is 396 Å². The van der Waals surface area contributed by atoms with Crippen molar-refractivity contribution >= 4 is 97.8 Å². The van der Waals surface area contributed by atoms with Crippen molar-refractivity contribution in [1.82, 2.24) is 5.32 Å². The number of fused-ring (bicyclic) bond motifs is 2. The molecule has 2 atom stereocenters. The van der Waals surface area contributed by atoms with Crippen molar-refractivity contribution in [2.45, 2.75) is 55.7 Å². The lowest BCUT2D eigenvalue weighted by Gasteiger charge is -2.17. The lowest BCUT2D eigenvalue weighted by Crippen LogP contribution is -2.23. The zero-order valence-electron chi connectivity index (χ0n) is 34.2. The monoisotopic (exact) mass is 940 g/mol. The number of allylic oxidation sites excluding steroid dienone is 2. The Bertz CT molecular complexity index is 2550. The van der Waals surface area contributed by atoms with E-state index >= 15 is 0 Å². The molecule has 322 valence electrons. The van der Waals surface area contributed by atoms with Crippen LogP contribution in [0.3, 0.4) is 0 Å². The fourth-order valence-corrected chi connectivity index (χ4v) is 9.28. The topological polar surface area (TPSA) is 103 Å². The molecule has 5 nitrogen and oxygen atoms in total. The summed E-state index contributed by atoms with van der Waals surface area (Å²) in [5, 5.41) is 29.1. The van der Waals surface area contributed by atoms with Crippen molar-refractivity contribution in [2.24, 2.45) is 5.73 Å². The van der Waals surface area contributed by atoms with Crippen LogP contribution in [0.25, 0.3) is 21.5 Å². The smallest absolute Gasteiger partial charge is 0.127 e. The van der Waals surface area contributed by atoms with E-state index in [1.807, 2.05) is 66.7 Å². The largest absolute Gasteiger partial charge is 0.330 e. The first-order valence-electron chi connectivity index (χ1n) is 19.6. The first kappa shape index (κ1) is 52.1. The number of halogens is 4. The number of carbonyl (C=O) groups excluding carboxylic acids is 1. The van der Waals surface area contributed by atoms with Crippen LogP contribution < -0.4 is 11.1 Å². The van der Waals surface area contributed by atoms with Gasteiger partial charge < -0.3 is 15.8 Å². The van der Waals surface area contributed by atoms with Crippen molar-refractivity contribution in [1.29, 1.82) is 10.5 Å². The zero-order valence-corrected chi connectivity index (χ0v) is 38.9. The maximum absolute atomic E-state index is 10.8. The van der Waals surface area contributed by atoms with E-state index in [1.165, 1.54) is 21.9 Å². The molecule has 0 aliphatic rings. The highest BCUT2D eigenvalue weighted by Gasteiger charge is 2.14. The molecule has 11 heteroatoms. The van der Waals surface area contributed by atoms with Gasteiger partial charge in [0, 0.05) is 46.8 Å². The molecule has 6 rings (SSSR count). The minimum atomic E-state index is -0.178. The van der Waals surface area contributed by atoms with Crippen molar-refractivity contribution in [3.05, 3.63) is 176 Å². The third-order valence-electron chi connectivity index (χ3n) is 9.84. The number of nitriles is 2. The first-order chi connectivity index (χ1) is 29.5. The minimum absolute atomic E-state index is 0. The molecule has 0 heterocycles. The van der Waals surface area contributed by atoms with Crippen LogP contribution in [0.2, 0.25) is 20.1 Å². The van der Waals surface area contributed by atoms with E-state index in [1.54, 1.807) is 47.8 Å². The maximum Gasteiger partial charge on any atom is 0.127 e. The molecule has 3 N–H and O–H groups in total. The highest BCUT2D eigenvalue weighted by molar-refractivity contribution is 7.99. The van der Waals surface area contributed by atoms with Gasteiger partial charge in [0.1, 0.15) is 18.4 Å². The molecule has 0 fully saturated rings. The Morgan fingerprint density at radius 2 is 1.18 bits per heavy atom. The molecule has 6 aromatic carbocycles. The molecular weight excluding hydrogens is 891 g/mol. The molecule has 62 heavy (non-hydrogen) atoms. The van der Waals surface area contributed by atoms with Crippen LogP contribution in [0, 0.1) is 36.5 Å². The standard InChI is InChI=1S/C25H24Cl2N2S.C14H14N2S.C11H10Cl2O.CH4/c1-3-6-20(18-9-10-23(26)24(27)14-18)16-29-11-12-30-25-17(2)22-8-5-4-7-19(22)13-21(25)15-28;1-10-13-5-3-2-4-11(13)8-12(9-16)14(10)17-7-6-15;1-2-3-9(7-14)8-4-5-10(12)11(13)6-8;/h3-5,7-10,13-14,20,29H,1,6,11-12,16H2,2H3;2-5,8H,6-7,15H2,1H3;2,4-7,9H,1,3H2;1H4/t20-;;9-;/m1.1./s1. The van der Waals surface area contributed by atoms with Crippen molar-refractivity contribution in [2.75, 3.05) is 31.1 Å². The number of nitrogens with one attached hydrogen (secondary N) is 1. The Balaban J connectivity index is 0.000000271. The molecule has 0 unspecified atom stereocenters. The minimum Gasteiger partial charge on any atom is -0.330 e. The Kier molecular flexibility index (Phi) is 22.7. The van der Waals surface area contributed by atoms with Gasteiger partial charge >= 0.3 is 0 Å². The van der Waals surface area contributed by atoms with Crippen LogP contribution in [0.15, 0.2) is 132 Å². The van der Waals surface area contributed by atoms with Gasteiger partial charge in [-0.3, -0.25) is 0 Å². The summed E-state index contributed by atoms with van der Waals surface area (Å²) in [4.78, 5) is 12.9. The number of aryl methyl sites for hydroxylation is 2. The van der Waals surface area contributed by atoms with Gasteiger partial charge in [0.05, 0.1) is 31.2 Å². The van der Waals surface area contributed by atoms with Crippen LogP contribution in [-0.4, -0.2) is 37.4 Å². The van der Waals surface area contributed by atoms with Gasteiger partial charge in [-0.05, 0) is 113 Å². The molecular formula is C51H52Cl4N4OS2. The molecule has 0 saturated heterocycles. The van der Waals surface area contributed by atoms with E-state index in [2.05, 4.69) is 62.7 Å². The van der Waals surface area contributed by atoms with Crippen LogP contribution in [-0.2, 0) is 4.79 Å². The Hall–Kier alpha value is -4.25. The summed E-state index contributed by atoms with van der Waals surface area (Å²) < 4.78 is 0. The molecule has 0 aromatic heterocycles. The summed E-state index contributed by atoms with van der Waals surface area (Å²) in [7, 11) is 0. The fraction of sp³-hybridized carbons (Fsp3) is 0.235. The molecule has 0 radical (unpaired) electrons. The average molecular weight is 943 g/mol. The first-order valence-corrected chi connectivity index (χ1v) is 23.1. The predicted molar refractivity (Wildman–Crippen MR) is 271 cm³/mol. The van der Waals surface area contributed by atoms with E-state index in [4.69, 9.17) is 52.1 Å². The van der Waals surface area contributed by atoms with Crippen LogP contribution >= 0.6 is 69.9 Å². The fourth-order valence-electron chi connectivity index (χ4n) is 6.72. The lowest BCUT2D eigenvalue weighted by atomic mass is 9.95. The Morgan fingerprint density at radius 1 is 0.694 bits per heavy atom. The van der Waals surface area contributed by atoms with Gasteiger partial charge in [0.2, 0.25) is 0 Å². The molecule has 0 spiro atoms. The third kappa shape index (κ3) is 14.4.